The van der Waals surface area contributed by atoms with E-state index in [4.69, 9.17) is 11.5 Å². The van der Waals surface area contributed by atoms with Crippen LogP contribution >= 0.6 is 0 Å². The number of nitrogen functional groups attached to an aromatic ring is 2. The molecule has 3 heterocycles. The van der Waals surface area contributed by atoms with E-state index < -0.39 is 0 Å². The van der Waals surface area contributed by atoms with E-state index in [9.17, 15) is 0 Å². The number of pyridine rings is 2. The van der Waals surface area contributed by atoms with Crippen molar-refractivity contribution in [3.63, 3.8) is 0 Å². The van der Waals surface area contributed by atoms with Crippen LogP contribution < -0.4 is 22.1 Å². The molecule has 0 fully saturated rings. The second-order valence-electron chi connectivity index (χ2n) is 7.71. The summed E-state index contributed by atoms with van der Waals surface area (Å²) in [5.74, 6) is 1.30. The minimum absolute atomic E-state index is 0.651. The Morgan fingerprint density at radius 1 is 0.625 bits per heavy atom. The predicted molar refractivity (Wildman–Crippen MR) is 130 cm³/mol. The molecule has 8 heteroatoms. The number of hydrogen-bond donors (Lipinski definition) is 4. The first kappa shape index (κ1) is 19.5. The van der Waals surface area contributed by atoms with E-state index in [1.165, 1.54) is 6.33 Å². The van der Waals surface area contributed by atoms with Crippen molar-refractivity contribution < 1.29 is 0 Å². The fraction of sp³-hybridized carbons (Fsp3) is 0.0833. The minimum Gasteiger partial charge on any atom is -0.398 e. The van der Waals surface area contributed by atoms with Gasteiger partial charge in [-0.05, 0) is 62.4 Å². The number of nitrogens with two attached hydrogens (primary N) is 2. The summed E-state index contributed by atoms with van der Waals surface area (Å²) in [5.41, 5.74) is 19.0. The van der Waals surface area contributed by atoms with Crippen molar-refractivity contribution in [2.75, 3.05) is 22.1 Å². The highest BCUT2D eigenvalue weighted by Gasteiger charge is 2.07. The van der Waals surface area contributed by atoms with Crippen molar-refractivity contribution >= 4 is 56.2 Å². The predicted octanol–water partition coefficient (Wildman–Crippen LogP) is 4.84. The topological polar surface area (TPSA) is 128 Å². The molecule has 0 aliphatic rings. The first-order valence-electron chi connectivity index (χ1n) is 10.1. The number of aryl methyl sites for hydroxylation is 2. The maximum atomic E-state index is 6.17. The lowest BCUT2D eigenvalue weighted by Gasteiger charge is -2.11. The molecule has 0 unspecified atom stereocenters. The number of anilines is 6. The van der Waals surface area contributed by atoms with Crippen LogP contribution in [0.3, 0.4) is 0 Å². The summed E-state index contributed by atoms with van der Waals surface area (Å²) in [6.07, 6.45) is 1.51. The van der Waals surface area contributed by atoms with Gasteiger partial charge in [0.15, 0.2) is 0 Å². The molecule has 0 aliphatic carbocycles. The molecule has 32 heavy (non-hydrogen) atoms. The summed E-state index contributed by atoms with van der Waals surface area (Å²) in [6, 6.07) is 17.3. The Bertz CT molecular complexity index is 1370. The number of benzene rings is 2. The number of nitrogens with one attached hydrogen (secondary N) is 2. The zero-order valence-corrected chi connectivity index (χ0v) is 17.7. The smallest absolute Gasteiger partial charge is 0.135 e. The number of nitrogens with zero attached hydrogens (tertiary/aromatic N) is 4. The van der Waals surface area contributed by atoms with E-state index >= 15 is 0 Å². The normalized spacial score (nSPS) is 11.1. The van der Waals surface area contributed by atoms with Crippen LogP contribution in [-0.2, 0) is 0 Å². The SMILES string of the molecule is Cc1cc(N)c2cc(Nc3cc(Nc4ccc5nc(C)cc(N)c5c4)ncn3)ccc2n1. The zero-order chi connectivity index (χ0) is 22.2. The van der Waals surface area contributed by atoms with E-state index in [0.717, 1.165) is 44.6 Å². The summed E-state index contributed by atoms with van der Waals surface area (Å²) in [7, 11) is 0. The van der Waals surface area contributed by atoms with Crippen LogP contribution in [0.4, 0.5) is 34.4 Å². The molecule has 0 bridgehead atoms. The lowest BCUT2D eigenvalue weighted by Crippen LogP contribution is -2.00. The van der Waals surface area contributed by atoms with Crippen LogP contribution in [0.15, 0.2) is 60.9 Å². The van der Waals surface area contributed by atoms with Crippen molar-refractivity contribution in [3.05, 3.63) is 72.3 Å². The highest BCUT2D eigenvalue weighted by molar-refractivity contribution is 5.94. The van der Waals surface area contributed by atoms with Gasteiger partial charge in [0.2, 0.25) is 0 Å². The largest absolute Gasteiger partial charge is 0.398 e. The molecule has 0 spiro atoms. The van der Waals surface area contributed by atoms with Gasteiger partial charge in [-0.3, -0.25) is 9.97 Å². The van der Waals surface area contributed by atoms with Gasteiger partial charge in [0.1, 0.15) is 18.0 Å². The molecule has 0 atom stereocenters. The summed E-state index contributed by atoms with van der Waals surface area (Å²) in [4.78, 5) is 17.7. The summed E-state index contributed by atoms with van der Waals surface area (Å²) < 4.78 is 0. The number of rotatable bonds is 4. The Morgan fingerprint density at radius 3 is 1.56 bits per heavy atom. The Balaban J connectivity index is 1.40. The molecular weight excluding hydrogens is 400 g/mol. The van der Waals surface area contributed by atoms with E-state index in [2.05, 4.69) is 30.6 Å². The molecule has 0 amide bonds. The fourth-order valence-corrected chi connectivity index (χ4v) is 3.72. The van der Waals surface area contributed by atoms with Crippen molar-refractivity contribution in [1.82, 2.24) is 19.9 Å². The second kappa shape index (κ2) is 7.66. The van der Waals surface area contributed by atoms with Crippen LogP contribution in [0.2, 0.25) is 0 Å². The second-order valence-corrected chi connectivity index (χ2v) is 7.71. The average molecular weight is 422 g/mol. The molecule has 158 valence electrons. The van der Waals surface area contributed by atoms with Crippen LogP contribution in [-0.4, -0.2) is 19.9 Å². The molecule has 3 aromatic heterocycles. The van der Waals surface area contributed by atoms with Gasteiger partial charge in [-0.1, -0.05) is 0 Å². The number of hydrogen-bond acceptors (Lipinski definition) is 8. The quantitative estimate of drug-likeness (QED) is 0.324. The van der Waals surface area contributed by atoms with Gasteiger partial charge >= 0.3 is 0 Å². The Morgan fingerprint density at radius 2 is 1.09 bits per heavy atom. The molecule has 0 aliphatic heterocycles. The molecule has 0 saturated carbocycles. The van der Waals surface area contributed by atoms with Gasteiger partial charge < -0.3 is 22.1 Å². The third-order valence-corrected chi connectivity index (χ3v) is 5.15. The summed E-state index contributed by atoms with van der Waals surface area (Å²) in [5, 5.41) is 8.40. The highest BCUT2D eigenvalue weighted by Crippen LogP contribution is 2.28. The third-order valence-electron chi connectivity index (χ3n) is 5.15. The average Bonchev–Trinajstić information content (AvgIpc) is 2.75. The van der Waals surface area contributed by atoms with Crippen molar-refractivity contribution in [2.24, 2.45) is 0 Å². The van der Waals surface area contributed by atoms with Crippen molar-refractivity contribution in [3.8, 4) is 0 Å². The molecular formula is C24H22N8. The standard InChI is InChI=1S/C24H22N8/c1-13-7-19(25)17-9-15(3-5-21(17)29-13)31-23-11-24(28-12-27-23)32-16-4-6-22-18(10-16)20(26)8-14(2)30-22/h3-12H,1-2H3,(H2,25,29)(H2,26,30)(H2,27,28,31,32). The maximum absolute atomic E-state index is 6.17. The van der Waals surface area contributed by atoms with Crippen LogP contribution in [0.1, 0.15) is 11.4 Å². The van der Waals surface area contributed by atoms with E-state index in [1.54, 1.807) is 0 Å². The Kier molecular flexibility index (Phi) is 4.67. The molecule has 5 rings (SSSR count). The highest BCUT2D eigenvalue weighted by atomic mass is 15.1. The monoisotopic (exact) mass is 422 g/mol. The fourth-order valence-electron chi connectivity index (χ4n) is 3.72. The van der Waals surface area contributed by atoms with Crippen LogP contribution in [0, 0.1) is 13.8 Å². The Hall–Kier alpha value is -4.46. The maximum Gasteiger partial charge on any atom is 0.135 e. The Labute approximate surface area is 184 Å². The minimum atomic E-state index is 0.651. The van der Waals surface area contributed by atoms with Crippen LogP contribution in [0.5, 0.6) is 0 Å². The lowest BCUT2D eigenvalue weighted by atomic mass is 10.1. The van der Waals surface area contributed by atoms with Crippen molar-refractivity contribution in [1.29, 1.82) is 0 Å². The van der Waals surface area contributed by atoms with Gasteiger partial charge in [0.05, 0.1) is 11.0 Å². The lowest BCUT2D eigenvalue weighted by molar-refractivity contribution is 1.17. The number of fused-ring (bicyclic) bond motifs is 2. The summed E-state index contributed by atoms with van der Waals surface area (Å²) in [6.45, 7) is 3.86. The molecule has 0 radical (unpaired) electrons. The first-order chi connectivity index (χ1) is 15.4. The van der Waals surface area contributed by atoms with E-state index in [-0.39, 0.29) is 0 Å². The van der Waals surface area contributed by atoms with Gasteiger partial charge in [0.25, 0.3) is 0 Å². The van der Waals surface area contributed by atoms with Gasteiger partial charge in [0, 0.05) is 51.0 Å². The van der Waals surface area contributed by atoms with Gasteiger partial charge in [-0.2, -0.15) is 0 Å². The first-order valence-corrected chi connectivity index (χ1v) is 10.1. The number of aromatic nitrogens is 4. The van der Waals surface area contributed by atoms with E-state index in [0.29, 0.717) is 23.0 Å². The third kappa shape index (κ3) is 3.81. The van der Waals surface area contributed by atoms with Crippen LogP contribution in [0.25, 0.3) is 21.8 Å². The zero-order valence-electron chi connectivity index (χ0n) is 17.7. The molecule has 0 saturated heterocycles. The van der Waals surface area contributed by atoms with E-state index in [1.807, 2.05) is 68.4 Å². The molecule has 5 aromatic rings. The van der Waals surface area contributed by atoms with Gasteiger partial charge in [-0.25, -0.2) is 9.97 Å². The summed E-state index contributed by atoms with van der Waals surface area (Å²) >= 11 is 0. The van der Waals surface area contributed by atoms with Crippen molar-refractivity contribution in [2.45, 2.75) is 13.8 Å². The van der Waals surface area contributed by atoms with Gasteiger partial charge in [-0.15, -0.1) is 0 Å². The molecule has 2 aromatic carbocycles. The molecule has 8 nitrogen and oxygen atoms in total. The molecule has 6 N–H and O–H groups in total.